The van der Waals surface area contributed by atoms with E-state index < -0.39 is 24.1 Å². The third kappa shape index (κ3) is 3.45. The maximum Gasteiger partial charge on any atom is 0.453 e. The van der Waals surface area contributed by atoms with Crippen molar-refractivity contribution in [2.24, 2.45) is 0 Å². The molecule has 1 aromatic carbocycles. The zero-order chi connectivity index (χ0) is 14.9. The smallest absolute Gasteiger partial charge is 0.374 e. The fraction of sp³-hybridized carbons (Fsp3) is 0.500. The Kier molecular flexibility index (Phi) is 4.62. The van der Waals surface area contributed by atoms with Gasteiger partial charge in [0.05, 0.1) is 12.0 Å². The highest BCUT2D eigenvalue weighted by Gasteiger charge is 2.60. The Morgan fingerprint density at radius 1 is 1.11 bits per heavy atom. The van der Waals surface area contributed by atoms with Crippen molar-refractivity contribution in [3.8, 4) is 0 Å². The van der Waals surface area contributed by atoms with E-state index >= 15 is 0 Å². The van der Waals surface area contributed by atoms with E-state index in [0.717, 1.165) is 7.11 Å². The number of halogens is 6. The predicted molar refractivity (Wildman–Crippen MR) is 64.1 cm³/mol. The normalized spacial score (nSPS) is 16.2. The minimum absolute atomic E-state index is 0.237. The van der Waals surface area contributed by atoms with E-state index in [1.807, 2.05) is 0 Å². The van der Waals surface area contributed by atoms with Crippen LogP contribution in [-0.4, -0.2) is 19.2 Å². The number of rotatable bonds is 4. The third-order valence-corrected chi connectivity index (χ3v) is 3.56. The number of hydrogen-bond acceptors (Lipinski definition) is 1. The zero-order valence-corrected chi connectivity index (χ0v) is 11.8. The molecule has 0 N–H and O–H groups in total. The number of benzene rings is 1. The van der Waals surface area contributed by atoms with Gasteiger partial charge in [-0.2, -0.15) is 22.0 Å². The molecule has 1 atom stereocenters. The van der Waals surface area contributed by atoms with Crippen LogP contribution in [0.2, 0.25) is 0 Å². The van der Waals surface area contributed by atoms with Gasteiger partial charge in [0.2, 0.25) is 0 Å². The molecule has 0 saturated carbocycles. The van der Waals surface area contributed by atoms with Crippen molar-refractivity contribution >= 4 is 15.9 Å². The summed E-state index contributed by atoms with van der Waals surface area (Å²) in [5, 5.41) is 0. The van der Waals surface area contributed by atoms with Crippen molar-refractivity contribution in [3.63, 3.8) is 0 Å². The molecule has 0 heterocycles. The Balaban J connectivity index is 3.17. The van der Waals surface area contributed by atoms with Crippen LogP contribution in [0.1, 0.15) is 18.9 Å². The molecule has 0 aliphatic rings. The fourth-order valence-electron chi connectivity index (χ4n) is 1.69. The molecule has 0 amide bonds. The molecule has 0 fully saturated rings. The third-order valence-electron chi connectivity index (χ3n) is 2.87. The lowest BCUT2D eigenvalue weighted by Gasteiger charge is -2.33. The van der Waals surface area contributed by atoms with Crippen LogP contribution in [0.15, 0.2) is 28.7 Å². The SMILES string of the molecule is COC(C)(CC(F)(F)C(F)(F)F)c1ccccc1Br. The van der Waals surface area contributed by atoms with E-state index in [1.54, 1.807) is 18.2 Å². The maximum absolute atomic E-state index is 13.2. The lowest BCUT2D eigenvalue weighted by molar-refractivity contribution is -0.298. The van der Waals surface area contributed by atoms with Crippen molar-refractivity contribution in [2.75, 3.05) is 7.11 Å². The topological polar surface area (TPSA) is 9.23 Å². The van der Waals surface area contributed by atoms with Crippen molar-refractivity contribution in [2.45, 2.75) is 31.0 Å². The highest BCUT2D eigenvalue weighted by atomic mass is 79.9. The molecule has 0 bridgehead atoms. The highest BCUT2D eigenvalue weighted by Crippen LogP contribution is 2.46. The summed E-state index contributed by atoms with van der Waals surface area (Å²) < 4.78 is 68.7. The summed E-state index contributed by atoms with van der Waals surface area (Å²) in [4.78, 5) is 0. The standard InChI is InChI=1S/C12H12BrF5O/c1-10(19-2,7-11(14,15)12(16,17)18)8-5-3-4-6-9(8)13/h3-6H,7H2,1-2H3. The second-order valence-corrected chi connectivity index (χ2v) is 5.15. The van der Waals surface area contributed by atoms with Crippen molar-refractivity contribution in [3.05, 3.63) is 34.3 Å². The average molecular weight is 347 g/mol. The molecular weight excluding hydrogens is 335 g/mol. The van der Waals surface area contributed by atoms with Gasteiger partial charge in [-0.25, -0.2) is 0 Å². The summed E-state index contributed by atoms with van der Waals surface area (Å²) in [5.41, 5.74) is -1.51. The number of hydrogen-bond donors (Lipinski definition) is 0. The Hall–Kier alpha value is -0.690. The van der Waals surface area contributed by atoms with Crippen molar-refractivity contribution in [1.29, 1.82) is 0 Å². The van der Waals surface area contributed by atoms with E-state index in [-0.39, 0.29) is 5.56 Å². The molecule has 19 heavy (non-hydrogen) atoms. The van der Waals surface area contributed by atoms with Gasteiger partial charge in [0.15, 0.2) is 0 Å². The highest BCUT2D eigenvalue weighted by molar-refractivity contribution is 9.10. The largest absolute Gasteiger partial charge is 0.453 e. The lowest BCUT2D eigenvalue weighted by atomic mass is 9.89. The first-order valence-electron chi connectivity index (χ1n) is 5.28. The van der Waals surface area contributed by atoms with E-state index in [0.29, 0.717) is 4.47 Å². The number of ether oxygens (including phenoxy) is 1. The average Bonchev–Trinajstić information content (AvgIpc) is 2.27. The van der Waals surface area contributed by atoms with E-state index in [4.69, 9.17) is 4.74 Å². The first-order chi connectivity index (χ1) is 8.53. The van der Waals surface area contributed by atoms with Crippen molar-refractivity contribution < 1.29 is 26.7 Å². The van der Waals surface area contributed by atoms with Gasteiger partial charge >= 0.3 is 12.1 Å². The summed E-state index contributed by atoms with van der Waals surface area (Å²) in [5.74, 6) is -4.83. The molecular formula is C12H12BrF5O. The monoisotopic (exact) mass is 346 g/mol. The van der Waals surface area contributed by atoms with Gasteiger partial charge in [-0.3, -0.25) is 0 Å². The Bertz CT molecular complexity index is 446. The maximum atomic E-state index is 13.2. The quantitative estimate of drug-likeness (QED) is 0.704. The lowest BCUT2D eigenvalue weighted by Crippen LogP contribution is -2.43. The Morgan fingerprint density at radius 2 is 1.63 bits per heavy atom. The molecule has 1 aromatic rings. The summed E-state index contributed by atoms with van der Waals surface area (Å²) in [6, 6.07) is 6.17. The summed E-state index contributed by atoms with van der Waals surface area (Å²) in [6.45, 7) is 1.20. The minimum Gasteiger partial charge on any atom is -0.374 e. The summed E-state index contributed by atoms with van der Waals surface area (Å²) in [6.07, 6.45) is -7.09. The molecule has 0 aliphatic heterocycles. The van der Waals surface area contributed by atoms with Gasteiger partial charge in [0.25, 0.3) is 0 Å². The van der Waals surface area contributed by atoms with Crippen LogP contribution < -0.4 is 0 Å². The zero-order valence-electron chi connectivity index (χ0n) is 10.2. The second kappa shape index (κ2) is 5.36. The molecule has 1 nitrogen and oxygen atoms in total. The van der Waals surface area contributed by atoms with Crippen LogP contribution in [-0.2, 0) is 10.3 Å². The van der Waals surface area contributed by atoms with Crippen molar-refractivity contribution in [1.82, 2.24) is 0 Å². The molecule has 0 spiro atoms. The van der Waals surface area contributed by atoms with Gasteiger partial charge < -0.3 is 4.74 Å². The summed E-state index contributed by atoms with van der Waals surface area (Å²) in [7, 11) is 1.10. The van der Waals surface area contributed by atoms with Crippen LogP contribution in [0.25, 0.3) is 0 Å². The number of alkyl halides is 5. The fourth-order valence-corrected chi connectivity index (χ4v) is 2.40. The van der Waals surface area contributed by atoms with E-state index in [2.05, 4.69) is 15.9 Å². The van der Waals surface area contributed by atoms with Gasteiger partial charge in [0, 0.05) is 11.6 Å². The first-order valence-corrected chi connectivity index (χ1v) is 6.07. The summed E-state index contributed by atoms with van der Waals surface area (Å²) >= 11 is 3.12. The second-order valence-electron chi connectivity index (χ2n) is 4.29. The molecule has 0 saturated heterocycles. The van der Waals surface area contributed by atoms with Gasteiger partial charge in [0.1, 0.15) is 0 Å². The van der Waals surface area contributed by atoms with Crippen LogP contribution in [0.4, 0.5) is 22.0 Å². The molecule has 1 rings (SSSR count). The molecule has 0 radical (unpaired) electrons. The van der Waals surface area contributed by atoms with E-state index in [9.17, 15) is 22.0 Å². The van der Waals surface area contributed by atoms with Gasteiger partial charge in [-0.15, -0.1) is 0 Å². The van der Waals surface area contributed by atoms with Crippen LogP contribution >= 0.6 is 15.9 Å². The minimum atomic E-state index is -5.60. The number of methoxy groups -OCH3 is 1. The molecule has 108 valence electrons. The van der Waals surface area contributed by atoms with Crippen LogP contribution in [0.3, 0.4) is 0 Å². The molecule has 1 unspecified atom stereocenters. The Labute approximate surface area is 115 Å². The van der Waals surface area contributed by atoms with Gasteiger partial charge in [-0.05, 0) is 18.6 Å². The van der Waals surface area contributed by atoms with Crippen LogP contribution in [0, 0.1) is 0 Å². The molecule has 7 heteroatoms. The molecule has 0 aliphatic carbocycles. The van der Waals surface area contributed by atoms with Crippen LogP contribution in [0.5, 0.6) is 0 Å². The van der Waals surface area contributed by atoms with Gasteiger partial charge in [-0.1, -0.05) is 34.1 Å². The Morgan fingerprint density at radius 3 is 2.05 bits per heavy atom. The van der Waals surface area contributed by atoms with E-state index in [1.165, 1.54) is 13.0 Å². The first kappa shape index (κ1) is 16.4. The molecule has 0 aromatic heterocycles. The predicted octanol–water partition coefficient (Wildman–Crippen LogP) is 4.90.